The van der Waals surface area contributed by atoms with Crippen LogP contribution in [0.25, 0.3) is 5.69 Å². The number of nitrogens with zero attached hydrogens (tertiary/aromatic N) is 3. The molecular formula is C15H13BrN4O. The van der Waals surface area contributed by atoms with Crippen LogP contribution in [-0.2, 0) is 0 Å². The number of benzene rings is 2. The summed E-state index contributed by atoms with van der Waals surface area (Å²) in [7, 11) is 0. The van der Waals surface area contributed by atoms with E-state index < -0.39 is 0 Å². The predicted octanol–water partition coefficient (Wildman–Crippen LogP) is 3.71. The van der Waals surface area contributed by atoms with Crippen LogP contribution in [0.15, 0.2) is 53.3 Å². The molecule has 0 radical (unpaired) electrons. The number of hydrogen-bond donors (Lipinski definition) is 1. The van der Waals surface area contributed by atoms with Gasteiger partial charge < -0.3 is 10.5 Å². The number of para-hydroxylation sites is 1. The van der Waals surface area contributed by atoms with Crippen molar-refractivity contribution in [2.75, 3.05) is 5.73 Å². The first kappa shape index (κ1) is 13.6. The molecule has 0 amide bonds. The molecule has 0 aliphatic heterocycles. The Morgan fingerprint density at radius 2 is 1.95 bits per heavy atom. The fourth-order valence-corrected chi connectivity index (χ4v) is 2.29. The van der Waals surface area contributed by atoms with E-state index in [1.807, 2.05) is 43.3 Å². The van der Waals surface area contributed by atoms with E-state index in [0.29, 0.717) is 11.4 Å². The van der Waals surface area contributed by atoms with Crippen LogP contribution < -0.4 is 10.5 Å². The summed E-state index contributed by atoms with van der Waals surface area (Å²) < 4.78 is 8.13. The van der Waals surface area contributed by atoms with E-state index in [1.54, 1.807) is 17.1 Å². The summed E-state index contributed by atoms with van der Waals surface area (Å²) in [6.45, 7) is 1.92. The van der Waals surface area contributed by atoms with Gasteiger partial charge in [0.2, 0.25) is 0 Å². The van der Waals surface area contributed by atoms with Crippen molar-refractivity contribution in [2.24, 2.45) is 0 Å². The van der Waals surface area contributed by atoms with Crippen LogP contribution in [-0.4, -0.2) is 14.8 Å². The van der Waals surface area contributed by atoms with Crippen LogP contribution >= 0.6 is 15.9 Å². The molecule has 106 valence electrons. The Kier molecular flexibility index (Phi) is 3.62. The fraction of sp³-hybridized carbons (Fsp3) is 0.0667. The van der Waals surface area contributed by atoms with Gasteiger partial charge in [-0.15, -0.1) is 5.10 Å². The number of halogens is 1. The molecule has 1 aromatic heterocycles. The molecule has 0 saturated heterocycles. The largest absolute Gasteiger partial charge is 0.422 e. The minimum Gasteiger partial charge on any atom is -0.422 e. The van der Waals surface area contributed by atoms with Gasteiger partial charge in [0, 0.05) is 5.69 Å². The first-order chi connectivity index (χ1) is 10.1. The summed E-state index contributed by atoms with van der Waals surface area (Å²) in [5.74, 6) is 0.632. The van der Waals surface area contributed by atoms with Crippen LogP contribution in [0, 0.1) is 6.92 Å². The molecule has 6 heteroatoms. The standard InChI is InChI=1S/C15H13BrN4O/c1-10-7-14(12(16)8-13(10)17)21-15-18-9-20(19-15)11-5-3-2-4-6-11/h2-9H,17H2,1H3. The molecule has 3 aromatic rings. The molecule has 0 bridgehead atoms. The molecule has 3 rings (SSSR count). The maximum absolute atomic E-state index is 5.84. The van der Waals surface area contributed by atoms with Gasteiger partial charge in [0.25, 0.3) is 0 Å². The number of anilines is 1. The quantitative estimate of drug-likeness (QED) is 0.735. The number of aromatic nitrogens is 3. The van der Waals surface area contributed by atoms with Gasteiger partial charge in [-0.05, 0) is 52.7 Å². The van der Waals surface area contributed by atoms with E-state index in [4.69, 9.17) is 10.5 Å². The first-order valence-corrected chi connectivity index (χ1v) is 7.13. The second-order valence-corrected chi connectivity index (χ2v) is 5.40. The van der Waals surface area contributed by atoms with Crippen LogP contribution in [0.5, 0.6) is 11.8 Å². The summed E-state index contributed by atoms with van der Waals surface area (Å²) in [4.78, 5) is 4.16. The van der Waals surface area contributed by atoms with Crippen molar-refractivity contribution in [3.8, 4) is 17.4 Å². The van der Waals surface area contributed by atoms with Crippen molar-refractivity contribution in [3.63, 3.8) is 0 Å². The third kappa shape index (κ3) is 2.90. The van der Waals surface area contributed by atoms with Crippen molar-refractivity contribution in [1.29, 1.82) is 0 Å². The highest BCUT2D eigenvalue weighted by Crippen LogP contribution is 2.32. The van der Waals surface area contributed by atoms with Gasteiger partial charge in [-0.25, -0.2) is 4.68 Å². The molecule has 5 nitrogen and oxygen atoms in total. The Morgan fingerprint density at radius 1 is 1.19 bits per heavy atom. The summed E-state index contributed by atoms with van der Waals surface area (Å²) in [5, 5.41) is 4.30. The monoisotopic (exact) mass is 344 g/mol. The van der Waals surface area contributed by atoms with Gasteiger partial charge in [-0.2, -0.15) is 4.98 Å². The molecular weight excluding hydrogens is 332 g/mol. The Labute approximate surface area is 130 Å². The minimum absolute atomic E-state index is 0.281. The van der Waals surface area contributed by atoms with Gasteiger partial charge in [-0.1, -0.05) is 18.2 Å². The van der Waals surface area contributed by atoms with Gasteiger partial charge in [0.05, 0.1) is 10.2 Å². The third-order valence-electron chi connectivity index (χ3n) is 3.01. The molecule has 0 atom stereocenters. The van der Waals surface area contributed by atoms with Gasteiger partial charge in [0.15, 0.2) is 0 Å². The Hall–Kier alpha value is -2.34. The van der Waals surface area contributed by atoms with E-state index >= 15 is 0 Å². The molecule has 0 unspecified atom stereocenters. The minimum atomic E-state index is 0.281. The van der Waals surface area contributed by atoms with Crippen LogP contribution in [0.3, 0.4) is 0 Å². The van der Waals surface area contributed by atoms with Crippen molar-refractivity contribution in [1.82, 2.24) is 14.8 Å². The topological polar surface area (TPSA) is 66.0 Å². The van der Waals surface area contributed by atoms with Crippen LogP contribution in [0.1, 0.15) is 5.56 Å². The number of aryl methyl sites for hydroxylation is 1. The molecule has 0 saturated carbocycles. The average Bonchev–Trinajstić information content (AvgIpc) is 2.94. The lowest BCUT2D eigenvalue weighted by molar-refractivity contribution is 0.438. The summed E-state index contributed by atoms with van der Waals surface area (Å²) in [5.41, 5.74) is 8.41. The van der Waals surface area contributed by atoms with Gasteiger partial charge >= 0.3 is 6.01 Å². The fourth-order valence-electron chi connectivity index (χ4n) is 1.85. The lowest BCUT2D eigenvalue weighted by Crippen LogP contribution is -1.96. The number of nitrogens with two attached hydrogens (primary N) is 1. The second-order valence-electron chi connectivity index (χ2n) is 4.55. The van der Waals surface area contributed by atoms with Crippen molar-refractivity contribution < 1.29 is 4.74 Å². The summed E-state index contributed by atoms with van der Waals surface area (Å²) in [6, 6.07) is 13.7. The number of nitrogen functional groups attached to an aromatic ring is 1. The Bertz CT molecular complexity index is 771. The molecule has 2 aromatic carbocycles. The highest BCUT2D eigenvalue weighted by atomic mass is 79.9. The molecule has 0 aliphatic carbocycles. The van der Waals surface area contributed by atoms with Crippen LogP contribution in [0.4, 0.5) is 5.69 Å². The van der Waals surface area contributed by atoms with E-state index in [-0.39, 0.29) is 6.01 Å². The molecule has 0 spiro atoms. The average molecular weight is 345 g/mol. The zero-order valence-electron chi connectivity index (χ0n) is 11.3. The maximum Gasteiger partial charge on any atom is 0.341 e. The van der Waals surface area contributed by atoms with Gasteiger partial charge in [-0.3, -0.25) is 0 Å². The second kappa shape index (κ2) is 5.57. The highest BCUT2D eigenvalue weighted by molar-refractivity contribution is 9.10. The number of hydrogen-bond acceptors (Lipinski definition) is 4. The predicted molar refractivity (Wildman–Crippen MR) is 84.7 cm³/mol. The first-order valence-electron chi connectivity index (χ1n) is 6.34. The SMILES string of the molecule is Cc1cc(Oc2ncn(-c3ccccc3)n2)c(Br)cc1N. The zero-order valence-corrected chi connectivity index (χ0v) is 12.9. The highest BCUT2D eigenvalue weighted by Gasteiger charge is 2.09. The van der Waals surface area contributed by atoms with Crippen molar-refractivity contribution >= 4 is 21.6 Å². The molecule has 0 fully saturated rings. The van der Waals surface area contributed by atoms with Crippen molar-refractivity contribution in [3.05, 3.63) is 58.8 Å². The molecule has 2 N–H and O–H groups in total. The molecule has 21 heavy (non-hydrogen) atoms. The lowest BCUT2D eigenvalue weighted by Gasteiger charge is -2.07. The Balaban J connectivity index is 1.87. The number of ether oxygens (including phenoxy) is 1. The van der Waals surface area contributed by atoms with E-state index in [2.05, 4.69) is 26.0 Å². The van der Waals surface area contributed by atoms with E-state index in [1.165, 1.54) is 0 Å². The van der Waals surface area contributed by atoms with E-state index in [9.17, 15) is 0 Å². The Morgan fingerprint density at radius 3 is 2.71 bits per heavy atom. The van der Waals surface area contributed by atoms with Crippen LogP contribution in [0.2, 0.25) is 0 Å². The summed E-state index contributed by atoms with van der Waals surface area (Å²) in [6.07, 6.45) is 1.61. The summed E-state index contributed by atoms with van der Waals surface area (Å²) >= 11 is 3.42. The molecule has 1 heterocycles. The van der Waals surface area contributed by atoms with Crippen molar-refractivity contribution in [2.45, 2.75) is 6.92 Å². The number of rotatable bonds is 3. The maximum atomic E-state index is 5.84. The normalized spacial score (nSPS) is 10.6. The lowest BCUT2D eigenvalue weighted by atomic mass is 10.2. The van der Waals surface area contributed by atoms with Gasteiger partial charge in [0.1, 0.15) is 12.1 Å². The smallest absolute Gasteiger partial charge is 0.341 e. The zero-order chi connectivity index (χ0) is 14.8. The van der Waals surface area contributed by atoms with E-state index in [0.717, 1.165) is 15.7 Å². The third-order valence-corrected chi connectivity index (χ3v) is 3.63. The molecule has 0 aliphatic rings.